The zero-order valence-corrected chi connectivity index (χ0v) is 7.23. The number of thiophene rings is 1. The van der Waals surface area contributed by atoms with Gasteiger partial charge in [0.25, 0.3) is 0 Å². The second-order valence-electron chi connectivity index (χ2n) is 2.17. The molecule has 11 heavy (non-hydrogen) atoms. The molecule has 0 bridgehead atoms. The van der Waals surface area contributed by atoms with Crippen molar-refractivity contribution in [3.05, 3.63) is 28.0 Å². The van der Waals surface area contributed by atoms with Crippen molar-refractivity contribution in [1.29, 1.82) is 0 Å². The largest absolute Gasteiger partial charge is 0.298 e. The van der Waals surface area contributed by atoms with Crippen molar-refractivity contribution in [2.24, 2.45) is 0 Å². The Morgan fingerprint density at radius 3 is 3.09 bits per heavy atom. The first kappa shape index (κ1) is 8.21. The lowest BCUT2D eigenvalue weighted by atomic mass is 10.2. The van der Waals surface area contributed by atoms with Gasteiger partial charge in [-0.3, -0.25) is 4.79 Å². The predicted octanol–water partition coefficient (Wildman–Crippen LogP) is 2.98. The molecule has 0 saturated heterocycles. The van der Waals surface area contributed by atoms with E-state index in [1.807, 2.05) is 17.5 Å². The second kappa shape index (κ2) is 4.09. The molecule has 0 unspecified atom stereocenters. The fourth-order valence-corrected chi connectivity index (χ4v) is 1.58. The van der Waals surface area contributed by atoms with Gasteiger partial charge in [0.15, 0.2) is 6.29 Å². The van der Waals surface area contributed by atoms with Gasteiger partial charge in [0.1, 0.15) is 0 Å². The van der Waals surface area contributed by atoms with Gasteiger partial charge in [0.2, 0.25) is 0 Å². The van der Waals surface area contributed by atoms with Crippen LogP contribution in [0.4, 0.5) is 0 Å². The number of rotatable bonds is 3. The molecule has 1 heterocycles. The van der Waals surface area contributed by atoms with Gasteiger partial charge < -0.3 is 0 Å². The Bertz CT molecular complexity index is 260. The number of hydrogen-bond donors (Lipinski definition) is 0. The topological polar surface area (TPSA) is 17.1 Å². The Morgan fingerprint density at radius 2 is 2.45 bits per heavy atom. The van der Waals surface area contributed by atoms with Crippen molar-refractivity contribution in [1.82, 2.24) is 0 Å². The van der Waals surface area contributed by atoms with Gasteiger partial charge in [-0.2, -0.15) is 0 Å². The lowest BCUT2D eigenvalue weighted by molar-refractivity contribution is 0.112. The Morgan fingerprint density at radius 1 is 1.64 bits per heavy atom. The number of carbonyl (C=O) groups excluding carboxylic acids is 1. The summed E-state index contributed by atoms with van der Waals surface area (Å²) in [4.78, 5) is 11.5. The molecule has 0 spiro atoms. The van der Waals surface area contributed by atoms with E-state index in [9.17, 15) is 4.79 Å². The summed E-state index contributed by atoms with van der Waals surface area (Å²) < 4.78 is 0. The minimum Gasteiger partial charge on any atom is -0.298 e. The van der Waals surface area contributed by atoms with E-state index >= 15 is 0 Å². The average molecular weight is 166 g/mol. The molecule has 58 valence electrons. The van der Waals surface area contributed by atoms with E-state index in [0.717, 1.165) is 23.1 Å². The van der Waals surface area contributed by atoms with Gasteiger partial charge in [-0.1, -0.05) is 13.0 Å². The Balaban J connectivity index is 2.84. The Labute approximate surface area is 70.4 Å². The van der Waals surface area contributed by atoms with Gasteiger partial charge in [0.05, 0.1) is 0 Å². The fourth-order valence-electron chi connectivity index (χ4n) is 0.789. The number of hydrogen-bond acceptors (Lipinski definition) is 2. The SMILES string of the molecule is CC/C=C/c1sccc1C=O. The van der Waals surface area contributed by atoms with E-state index < -0.39 is 0 Å². The van der Waals surface area contributed by atoms with Crippen LogP contribution in [-0.2, 0) is 0 Å². The highest BCUT2D eigenvalue weighted by atomic mass is 32.1. The molecular weight excluding hydrogens is 156 g/mol. The lowest BCUT2D eigenvalue weighted by Gasteiger charge is -1.85. The molecular formula is C9H10OS. The molecule has 0 radical (unpaired) electrons. The van der Waals surface area contributed by atoms with Crippen LogP contribution in [0.2, 0.25) is 0 Å². The van der Waals surface area contributed by atoms with Crippen LogP contribution >= 0.6 is 11.3 Å². The van der Waals surface area contributed by atoms with Crippen molar-refractivity contribution >= 4 is 23.7 Å². The van der Waals surface area contributed by atoms with E-state index in [1.165, 1.54) is 0 Å². The zero-order valence-electron chi connectivity index (χ0n) is 6.41. The molecule has 0 fully saturated rings. The van der Waals surface area contributed by atoms with Crippen LogP contribution in [0.1, 0.15) is 28.6 Å². The quantitative estimate of drug-likeness (QED) is 0.631. The average Bonchev–Trinajstić information content (AvgIpc) is 2.47. The monoisotopic (exact) mass is 166 g/mol. The Kier molecular flexibility index (Phi) is 3.05. The molecule has 2 heteroatoms. The van der Waals surface area contributed by atoms with Gasteiger partial charge in [0, 0.05) is 10.4 Å². The lowest BCUT2D eigenvalue weighted by Crippen LogP contribution is -1.75. The summed E-state index contributed by atoms with van der Waals surface area (Å²) in [6, 6.07) is 1.84. The third kappa shape index (κ3) is 2.02. The maximum Gasteiger partial charge on any atom is 0.151 e. The maximum atomic E-state index is 10.4. The van der Waals surface area contributed by atoms with E-state index in [-0.39, 0.29) is 0 Å². The van der Waals surface area contributed by atoms with Crippen molar-refractivity contribution in [3.8, 4) is 0 Å². The summed E-state index contributed by atoms with van der Waals surface area (Å²) in [7, 11) is 0. The molecule has 0 atom stereocenters. The van der Waals surface area contributed by atoms with Crippen LogP contribution in [0.3, 0.4) is 0 Å². The van der Waals surface area contributed by atoms with Gasteiger partial charge >= 0.3 is 0 Å². The van der Waals surface area contributed by atoms with Crippen LogP contribution < -0.4 is 0 Å². The molecule has 1 aromatic rings. The number of aldehydes is 1. The zero-order chi connectivity index (χ0) is 8.10. The minimum absolute atomic E-state index is 0.791. The van der Waals surface area contributed by atoms with Crippen LogP contribution in [0, 0.1) is 0 Å². The molecule has 0 aromatic carbocycles. The van der Waals surface area contributed by atoms with Crippen LogP contribution in [-0.4, -0.2) is 6.29 Å². The fraction of sp³-hybridized carbons (Fsp3) is 0.222. The van der Waals surface area contributed by atoms with Gasteiger partial charge in [-0.15, -0.1) is 11.3 Å². The Hall–Kier alpha value is -0.890. The van der Waals surface area contributed by atoms with Crippen molar-refractivity contribution < 1.29 is 4.79 Å². The van der Waals surface area contributed by atoms with Gasteiger partial charge in [-0.25, -0.2) is 0 Å². The molecule has 0 aliphatic heterocycles. The van der Waals surface area contributed by atoms with Crippen molar-refractivity contribution in [2.75, 3.05) is 0 Å². The predicted molar refractivity (Wildman–Crippen MR) is 49.0 cm³/mol. The van der Waals surface area contributed by atoms with E-state index in [1.54, 1.807) is 11.3 Å². The standard InChI is InChI=1S/C9H10OS/c1-2-3-4-9-8(7-10)5-6-11-9/h3-7H,2H2,1H3/b4-3+. The highest BCUT2D eigenvalue weighted by molar-refractivity contribution is 7.11. The van der Waals surface area contributed by atoms with E-state index in [0.29, 0.717) is 0 Å². The van der Waals surface area contributed by atoms with Crippen LogP contribution in [0.15, 0.2) is 17.5 Å². The number of carbonyl (C=O) groups is 1. The highest BCUT2D eigenvalue weighted by Gasteiger charge is 1.96. The summed E-state index contributed by atoms with van der Waals surface area (Å²) >= 11 is 1.60. The summed E-state index contributed by atoms with van der Waals surface area (Å²) in [5, 5.41) is 1.93. The number of allylic oxidation sites excluding steroid dienone is 1. The normalized spacial score (nSPS) is 10.6. The third-order valence-corrected chi connectivity index (χ3v) is 2.26. The first-order valence-corrected chi connectivity index (χ1v) is 4.45. The molecule has 0 N–H and O–H groups in total. The third-order valence-electron chi connectivity index (χ3n) is 1.36. The molecule has 1 aromatic heterocycles. The van der Waals surface area contributed by atoms with Gasteiger partial charge in [-0.05, 0) is 23.9 Å². The first-order valence-electron chi connectivity index (χ1n) is 3.57. The summed E-state index contributed by atoms with van der Waals surface area (Å²) in [5.41, 5.74) is 0.791. The molecule has 0 aliphatic rings. The first-order chi connectivity index (χ1) is 5.38. The maximum absolute atomic E-state index is 10.4. The van der Waals surface area contributed by atoms with Crippen LogP contribution in [0.5, 0.6) is 0 Å². The second-order valence-corrected chi connectivity index (χ2v) is 3.12. The summed E-state index contributed by atoms with van der Waals surface area (Å²) in [6.45, 7) is 2.07. The summed E-state index contributed by atoms with van der Waals surface area (Å²) in [5.74, 6) is 0. The molecule has 1 nitrogen and oxygen atoms in total. The molecule has 1 rings (SSSR count). The van der Waals surface area contributed by atoms with E-state index in [2.05, 4.69) is 13.0 Å². The van der Waals surface area contributed by atoms with Crippen molar-refractivity contribution in [3.63, 3.8) is 0 Å². The molecule has 0 amide bonds. The van der Waals surface area contributed by atoms with Crippen molar-refractivity contribution in [2.45, 2.75) is 13.3 Å². The minimum atomic E-state index is 0.791. The molecule has 0 aliphatic carbocycles. The highest BCUT2D eigenvalue weighted by Crippen LogP contribution is 2.16. The van der Waals surface area contributed by atoms with Crippen LogP contribution in [0.25, 0.3) is 6.08 Å². The smallest absolute Gasteiger partial charge is 0.151 e. The van der Waals surface area contributed by atoms with E-state index in [4.69, 9.17) is 0 Å². The summed E-state index contributed by atoms with van der Waals surface area (Å²) in [6.07, 6.45) is 5.95. The molecule has 0 saturated carbocycles.